The zero-order chi connectivity index (χ0) is 10.4. The second kappa shape index (κ2) is 5.57. The van der Waals surface area contributed by atoms with Crippen LogP contribution in [0.25, 0.3) is 0 Å². The van der Waals surface area contributed by atoms with E-state index < -0.39 is 0 Å². The van der Waals surface area contributed by atoms with Gasteiger partial charge in [0.15, 0.2) is 0 Å². The number of allylic oxidation sites excluding steroid dienone is 4. The Morgan fingerprint density at radius 1 is 1.31 bits per heavy atom. The monoisotopic (exact) mass is 180 g/mol. The van der Waals surface area contributed by atoms with Gasteiger partial charge in [0.05, 0.1) is 0 Å². The van der Waals surface area contributed by atoms with Crippen LogP contribution in [0.1, 0.15) is 34.6 Å². The second-order valence-electron chi connectivity index (χ2n) is 3.51. The highest BCUT2D eigenvalue weighted by atomic mass is 14.8. The maximum atomic E-state index is 5.55. The van der Waals surface area contributed by atoms with Crippen LogP contribution in [-0.4, -0.2) is 5.71 Å². The van der Waals surface area contributed by atoms with Gasteiger partial charge in [0.1, 0.15) is 0 Å². The summed E-state index contributed by atoms with van der Waals surface area (Å²) < 4.78 is 0. The molecule has 0 spiro atoms. The lowest BCUT2D eigenvalue weighted by Crippen LogP contribution is -1.98. The van der Waals surface area contributed by atoms with Crippen molar-refractivity contribution in [3.05, 3.63) is 23.5 Å². The van der Waals surface area contributed by atoms with Gasteiger partial charge in [0, 0.05) is 17.1 Å². The van der Waals surface area contributed by atoms with Gasteiger partial charge in [0.2, 0.25) is 0 Å². The maximum Gasteiger partial charge on any atom is 0.0392 e. The van der Waals surface area contributed by atoms with Crippen molar-refractivity contribution >= 4 is 5.71 Å². The van der Waals surface area contributed by atoms with E-state index in [1.54, 1.807) is 0 Å². The molecule has 0 aromatic heterocycles. The largest absolute Gasteiger partial charge is 0.402 e. The van der Waals surface area contributed by atoms with Crippen molar-refractivity contribution < 1.29 is 0 Å². The lowest BCUT2D eigenvalue weighted by atomic mass is 10.1. The van der Waals surface area contributed by atoms with E-state index in [1.165, 1.54) is 0 Å². The van der Waals surface area contributed by atoms with Gasteiger partial charge in [-0.3, -0.25) is 4.99 Å². The third-order valence-corrected chi connectivity index (χ3v) is 1.63. The van der Waals surface area contributed by atoms with E-state index in [2.05, 4.69) is 18.8 Å². The molecule has 0 bridgehead atoms. The Hall–Kier alpha value is -1.05. The standard InChI is InChI=1S/C11H20N2/c1-6-11(8(2)3)13-10(5)7-9(4)12/h6-8H,12H2,1-5H3/b9-7-,11-6-,13-10-. The molecule has 0 saturated heterocycles. The molecule has 0 saturated carbocycles. The topological polar surface area (TPSA) is 38.4 Å². The van der Waals surface area contributed by atoms with Gasteiger partial charge >= 0.3 is 0 Å². The third-order valence-electron chi connectivity index (χ3n) is 1.63. The van der Waals surface area contributed by atoms with E-state index in [0.717, 1.165) is 17.1 Å². The number of nitrogens with two attached hydrogens (primary N) is 1. The molecule has 0 fully saturated rings. The average Bonchev–Trinajstić information content (AvgIpc) is 1.98. The molecule has 2 nitrogen and oxygen atoms in total. The molecule has 0 aliphatic rings. The first-order valence-electron chi connectivity index (χ1n) is 4.62. The molecule has 0 aliphatic carbocycles. The van der Waals surface area contributed by atoms with Gasteiger partial charge in [-0.1, -0.05) is 19.9 Å². The molecule has 0 amide bonds. The van der Waals surface area contributed by atoms with Crippen molar-refractivity contribution in [1.82, 2.24) is 0 Å². The van der Waals surface area contributed by atoms with Gasteiger partial charge in [-0.25, -0.2) is 0 Å². The molecule has 0 rings (SSSR count). The molecule has 0 aliphatic heterocycles. The summed E-state index contributed by atoms with van der Waals surface area (Å²) >= 11 is 0. The predicted molar refractivity (Wildman–Crippen MR) is 59.6 cm³/mol. The van der Waals surface area contributed by atoms with Crippen LogP contribution in [-0.2, 0) is 0 Å². The Bertz CT molecular complexity index is 241. The van der Waals surface area contributed by atoms with E-state index in [0.29, 0.717) is 5.92 Å². The summed E-state index contributed by atoms with van der Waals surface area (Å²) in [6, 6.07) is 0. The van der Waals surface area contributed by atoms with Gasteiger partial charge < -0.3 is 5.73 Å². The molecule has 0 atom stereocenters. The molecule has 0 unspecified atom stereocenters. The Morgan fingerprint density at radius 3 is 2.15 bits per heavy atom. The maximum absolute atomic E-state index is 5.55. The van der Waals surface area contributed by atoms with Crippen LogP contribution < -0.4 is 5.73 Å². The van der Waals surface area contributed by atoms with Crippen molar-refractivity contribution in [1.29, 1.82) is 0 Å². The fourth-order valence-corrected chi connectivity index (χ4v) is 1.09. The van der Waals surface area contributed by atoms with Crippen LogP contribution in [0.3, 0.4) is 0 Å². The Labute approximate surface area is 81.2 Å². The van der Waals surface area contributed by atoms with E-state index in [4.69, 9.17) is 5.73 Å². The molecule has 2 N–H and O–H groups in total. The Balaban J connectivity index is 4.63. The molecule has 0 radical (unpaired) electrons. The van der Waals surface area contributed by atoms with Crippen molar-refractivity contribution in [2.75, 3.05) is 0 Å². The first kappa shape index (κ1) is 11.9. The van der Waals surface area contributed by atoms with Crippen LogP contribution in [0.2, 0.25) is 0 Å². The van der Waals surface area contributed by atoms with Gasteiger partial charge in [0.25, 0.3) is 0 Å². The summed E-state index contributed by atoms with van der Waals surface area (Å²) in [6.45, 7) is 10.1. The number of hydrogen-bond acceptors (Lipinski definition) is 2. The zero-order valence-electron chi connectivity index (χ0n) is 9.26. The average molecular weight is 180 g/mol. The van der Waals surface area contributed by atoms with Crippen LogP contribution >= 0.6 is 0 Å². The van der Waals surface area contributed by atoms with E-state index in [-0.39, 0.29) is 0 Å². The minimum Gasteiger partial charge on any atom is -0.402 e. The molecule has 0 aromatic carbocycles. The van der Waals surface area contributed by atoms with Crippen molar-refractivity contribution in [3.8, 4) is 0 Å². The molecule has 0 heterocycles. The molecule has 2 heteroatoms. The molecular formula is C11H20N2. The SMILES string of the molecule is C\C=C(/N=C(C)\C=C(\C)N)C(C)C. The van der Waals surface area contributed by atoms with Crippen molar-refractivity contribution in [2.24, 2.45) is 16.6 Å². The summed E-state index contributed by atoms with van der Waals surface area (Å²) in [5.74, 6) is 0.464. The number of nitrogens with zero attached hydrogens (tertiary/aromatic N) is 1. The lowest BCUT2D eigenvalue weighted by Gasteiger charge is -2.05. The van der Waals surface area contributed by atoms with Gasteiger partial charge in [-0.05, 0) is 32.8 Å². The first-order valence-corrected chi connectivity index (χ1v) is 4.62. The summed E-state index contributed by atoms with van der Waals surface area (Å²) in [4.78, 5) is 4.46. The zero-order valence-corrected chi connectivity index (χ0v) is 9.26. The van der Waals surface area contributed by atoms with Crippen LogP contribution in [0.5, 0.6) is 0 Å². The Morgan fingerprint density at radius 2 is 1.85 bits per heavy atom. The normalized spacial score (nSPS) is 15.4. The summed E-state index contributed by atoms with van der Waals surface area (Å²) in [5, 5.41) is 0. The van der Waals surface area contributed by atoms with Crippen LogP contribution in [0.4, 0.5) is 0 Å². The predicted octanol–water partition coefficient (Wildman–Crippen LogP) is 2.87. The lowest BCUT2D eigenvalue weighted by molar-refractivity contribution is 0.756. The second-order valence-corrected chi connectivity index (χ2v) is 3.51. The molecule has 74 valence electrons. The fourth-order valence-electron chi connectivity index (χ4n) is 1.09. The molecule has 0 aromatic rings. The van der Waals surface area contributed by atoms with E-state index in [1.807, 2.05) is 32.9 Å². The van der Waals surface area contributed by atoms with E-state index in [9.17, 15) is 0 Å². The van der Waals surface area contributed by atoms with Crippen LogP contribution in [0.15, 0.2) is 28.5 Å². The van der Waals surface area contributed by atoms with Crippen molar-refractivity contribution in [2.45, 2.75) is 34.6 Å². The van der Waals surface area contributed by atoms with Gasteiger partial charge in [-0.2, -0.15) is 0 Å². The highest BCUT2D eigenvalue weighted by Crippen LogP contribution is 2.11. The number of hydrogen-bond donors (Lipinski definition) is 1. The first-order chi connectivity index (χ1) is 5.97. The highest BCUT2D eigenvalue weighted by Gasteiger charge is 1.99. The highest BCUT2D eigenvalue weighted by molar-refractivity contribution is 5.93. The molecular weight excluding hydrogens is 160 g/mol. The van der Waals surface area contributed by atoms with Gasteiger partial charge in [-0.15, -0.1) is 0 Å². The Kier molecular flexibility index (Phi) is 5.12. The minimum atomic E-state index is 0.464. The smallest absolute Gasteiger partial charge is 0.0392 e. The quantitative estimate of drug-likeness (QED) is 0.666. The number of rotatable bonds is 3. The van der Waals surface area contributed by atoms with E-state index >= 15 is 0 Å². The summed E-state index contributed by atoms with van der Waals surface area (Å²) in [6.07, 6.45) is 3.92. The van der Waals surface area contributed by atoms with Crippen LogP contribution in [0, 0.1) is 5.92 Å². The third kappa shape index (κ3) is 5.23. The molecule has 13 heavy (non-hydrogen) atoms. The minimum absolute atomic E-state index is 0.464. The summed E-state index contributed by atoms with van der Waals surface area (Å²) in [7, 11) is 0. The fraction of sp³-hybridized carbons (Fsp3) is 0.545. The number of aliphatic imine (C=N–C) groups is 1. The summed E-state index contributed by atoms with van der Waals surface area (Å²) in [5.41, 5.74) is 8.41. The van der Waals surface area contributed by atoms with Crippen molar-refractivity contribution in [3.63, 3.8) is 0 Å².